The summed E-state index contributed by atoms with van der Waals surface area (Å²) < 4.78 is 0. The lowest BCUT2D eigenvalue weighted by Crippen LogP contribution is -2.30. The molecular weight excluding hydrogens is 300 g/mol. The van der Waals surface area contributed by atoms with Crippen LogP contribution in [0.15, 0.2) is 24.3 Å². The molecule has 1 atom stereocenters. The van der Waals surface area contributed by atoms with Gasteiger partial charge in [-0.25, -0.2) is 4.98 Å². The highest BCUT2D eigenvalue weighted by molar-refractivity contribution is 7.13. The number of carbonyl (C=O) groups excluding carboxylic acids is 1. The number of aromatic nitrogens is 1. The van der Waals surface area contributed by atoms with Gasteiger partial charge in [-0.3, -0.25) is 9.59 Å². The minimum Gasteiger partial charge on any atom is -0.481 e. The Hall–Kier alpha value is -2.21. The van der Waals surface area contributed by atoms with Crippen LogP contribution in [0.1, 0.15) is 44.0 Å². The summed E-state index contributed by atoms with van der Waals surface area (Å²) in [7, 11) is 0. The van der Waals surface area contributed by atoms with Crippen molar-refractivity contribution in [3.05, 3.63) is 51.0 Å². The van der Waals surface area contributed by atoms with Gasteiger partial charge in [0.05, 0.1) is 23.2 Å². The molecule has 2 rings (SSSR count). The number of hydrogen-bond donors (Lipinski definition) is 2. The van der Waals surface area contributed by atoms with Crippen molar-refractivity contribution in [2.24, 2.45) is 0 Å². The van der Waals surface area contributed by atoms with Crippen LogP contribution in [0.4, 0.5) is 0 Å². The van der Waals surface area contributed by atoms with Crippen molar-refractivity contribution >= 4 is 23.2 Å². The largest absolute Gasteiger partial charge is 0.481 e. The molecule has 5 nitrogen and oxygen atoms in total. The molecule has 0 fully saturated rings. The van der Waals surface area contributed by atoms with Gasteiger partial charge in [0.1, 0.15) is 4.88 Å². The molecule has 1 aromatic carbocycles. The highest BCUT2D eigenvalue weighted by atomic mass is 32.1. The second kappa shape index (κ2) is 6.70. The van der Waals surface area contributed by atoms with E-state index in [9.17, 15) is 9.59 Å². The zero-order chi connectivity index (χ0) is 16.3. The van der Waals surface area contributed by atoms with Crippen LogP contribution in [0.5, 0.6) is 0 Å². The number of rotatable bonds is 5. The van der Waals surface area contributed by atoms with E-state index in [1.165, 1.54) is 11.3 Å². The summed E-state index contributed by atoms with van der Waals surface area (Å²) >= 11 is 1.31. The summed E-state index contributed by atoms with van der Waals surface area (Å²) in [6.45, 7) is 5.57. The Morgan fingerprint density at radius 2 is 1.86 bits per heavy atom. The predicted octanol–water partition coefficient (Wildman–Crippen LogP) is 3.01. The van der Waals surface area contributed by atoms with E-state index in [0.717, 1.165) is 16.1 Å². The first-order valence-corrected chi connectivity index (χ1v) is 7.71. The van der Waals surface area contributed by atoms with Crippen molar-refractivity contribution < 1.29 is 14.7 Å². The van der Waals surface area contributed by atoms with Gasteiger partial charge in [0.15, 0.2) is 0 Å². The smallest absolute Gasteiger partial charge is 0.305 e. The summed E-state index contributed by atoms with van der Waals surface area (Å²) in [5.41, 5.74) is 2.52. The number of aryl methyl sites for hydroxylation is 3. The Morgan fingerprint density at radius 1 is 1.23 bits per heavy atom. The van der Waals surface area contributed by atoms with Gasteiger partial charge < -0.3 is 10.4 Å². The molecule has 0 radical (unpaired) electrons. The first-order chi connectivity index (χ1) is 10.4. The number of hydrogen-bond acceptors (Lipinski definition) is 4. The fourth-order valence-electron chi connectivity index (χ4n) is 2.19. The molecule has 22 heavy (non-hydrogen) atoms. The summed E-state index contributed by atoms with van der Waals surface area (Å²) in [4.78, 5) is 28.2. The maximum atomic E-state index is 12.4. The molecule has 116 valence electrons. The first kappa shape index (κ1) is 16.2. The molecule has 2 aromatic rings. The molecule has 0 spiro atoms. The summed E-state index contributed by atoms with van der Waals surface area (Å²) in [6, 6.07) is 6.92. The molecule has 0 aliphatic heterocycles. The molecule has 2 N–H and O–H groups in total. The fourth-order valence-corrected chi connectivity index (χ4v) is 3.01. The average Bonchev–Trinajstić information content (AvgIpc) is 2.77. The maximum Gasteiger partial charge on any atom is 0.305 e. The number of benzene rings is 1. The van der Waals surface area contributed by atoms with E-state index in [4.69, 9.17) is 5.11 Å². The van der Waals surface area contributed by atoms with Gasteiger partial charge >= 0.3 is 5.97 Å². The van der Waals surface area contributed by atoms with Crippen LogP contribution in [-0.2, 0) is 4.79 Å². The van der Waals surface area contributed by atoms with E-state index in [-0.39, 0.29) is 12.3 Å². The SMILES string of the molecule is Cc1ccc(C(CC(=O)O)NC(=O)c2sc(C)nc2C)cc1. The zero-order valence-electron chi connectivity index (χ0n) is 12.7. The molecule has 6 heteroatoms. The molecule has 0 saturated carbocycles. The van der Waals surface area contributed by atoms with Gasteiger partial charge in [-0.05, 0) is 26.3 Å². The minimum absolute atomic E-state index is 0.161. The number of carboxylic acid groups (broad SMARTS) is 1. The maximum absolute atomic E-state index is 12.4. The van der Waals surface area contributed by atoms with Crippen molar-refractivity contribution in [2.45, 2.75) is 33.2 Å². The molecule has 0 bridgehead atoms. The average molecular weight is 318 g/mol. The third-order valence-electron chi connectivity index (χ3n) is 3.27. The van der Waals surface area contributed by atoms with Crippen molar-refractivity contribution in [1.82, 2.24) is 10.3 Å². The summed E-state index contributed by atoms with van der Waals surface area (Å²) in [5, 5.41) is 12.7. The normalized spacial score (nSPS) is 12.0. The number of nitrogens with zero attached hydrogens (tertiary/aromatic N) is 1. The van der Waals surface area contributed by atoms with Crippen molar-refractivity contribution in [2.75, 3.05) is 0 Å². The van der Waals surface area contributed by atoms with Crippen LogP contribution >= 0.6 is 11.3 Å². The molecular formula is C16H18N2O3S. The second-order valence-corrected chi connectivity index (χ2v) is 6.39. The third-order valence-corrected chi connectivity index (χ3v) is 4.35. The number of nitrogens with one attached hydrogen (secondary N) is 1. The Bertz CT molecular complexity index is 692. The van der Waals surface area contributed by atoms with Gasteiger partial charge in [-0.2, -0.15) is 0 Å². The van der Waals surface area contributed by atoms with E-state index in [0.29, 0.717) is 10.6 Å². The van der Waals surface area contributed by atoms with Gasteiger partial charge in [0, 0.05) is 0 Å². The van der Waals surface area contributed by atoms with Gasteiger partial charge in [-0.15, -0.1) is 11.3 Å². The number of carboxylic acids is 1. The molecule has 1 unspecified atom stereocenters. The number of aliphatic carboxylic acids is 1. The van der Waals surface area contributed by atoms with Gasteiger partial charge in [0.2, 0.25) is 0 Å². The molecule has 0 aliphatic rings. The van der Waals surface area contributed by atoms with Crippen molar-refractivity contribution in [3.8, 4) is 0 Å². The van der Waals surface area contributed by atoms with Gasteiger partial charge in [0.25, 0.3) is 5.91 Å². The van der Waals surface area contributed by atoms with Crippen LogP contribution in [0.3, 0.4) is 0 Å². The van der Waals surface area contributed by atoms with Crippen LogP contribution in [0, 0.1) is 20.8 Å². The molecule has 0 aliphatic carbocycles. The number of carbonyl (C=O) groups is 2. The fraction of sp³-hybridized carbons (Fsp3) is 0.312. The van der Waals surface area contributed by atoms with E-state index in [1.807, 2.05) is 38.1 Å². The molecule has 1 amide bonds. The minimum atomic E-state index is -0.955. The standard InChI is InChI=1S/C16H18N2O3S/c1-9-4-6-12(7-5-9)13(8-14(19)20)18-16(21)15-10(2)17-11(3)22-15/h4-7,13H,8H2,1-3H3,(H,18,21)(H,19,20). The summed E-state index contributed by atoms with van der Waals surface area (Å²) in [6.07, 6.45) is -0.161. The van der Waals surface area contributed by atoms with E-state index in [2.05, 4.69) is 10.3 Å². The second-order valence-electron chi connectivity index (χ2n) is 5.18. The first-order valence-electron chi connectivity index (χ1n) is 6.90. The Balaban J connectivity index is 2.23. The monoisotopic (exact) mass is 318 g/mol. The van der Waals surface area contributed by atoms with E-state index < -0.39 is 12.0 Å². The lowest BCUT2D eigenvalue weighted by atomic mass is 10.0. The lowest BCUT2D eigenvalue weighted by Gasteiger charge is -2.17. The highest BCUT2D eigenvalue weighted by Crippen LogP contribution is 2.21. The topological polar surface area (TPSA) is 79.3 Å². The van der Waals surface area contributed by atoms with E-state index in [1.54, 1.807) is 6.92 Å². The van der Waals surface area contributed by atoms with Crippen molar-refractivity contribution in [3.63, 3.8) is 0 Å². The Labute approximate surface area is 133 Å². The van der Waals surface area contributed by atoms with Gasteiger partial charge in [-0.1, -0.05) is 29.8 Å². The quantitative estimate of drug-likeness (QED) is 0.888. The van der Waals surface area contributed by atoms with Crippen LogP contribution < -0.4 is 5.32 Å². The number of amides is 1. The summed E-state index contributed by atoms with van der Waals surface area (Å²) in [5.74, 6) is -1.24. The van der Waals surface area contributed by atoms with E-state index >= 15 is 0 Å². The lowest BCUT2D eigenvalue weighted by molar-refractivity contribution is -0.137. The Morgan fingerprint density at radius 3 is 2.36 bits per heavy atom. The van der Waals surface area contributed by atoms with Crippen LogP contribution in [0.2, 0.25) is 0 Å². The Kier molecular flexibility index (Phi) is 4.92. The predicted molar refractivity (Wildman–Crippen MR) is 85.2 cm³/mol. The molecule has 1 heterocycles. The van der Waals surface area contributed by atoms with Crippen molar-refractivity contribution in [1.29, 1.82) is 0 Å². The number of thiazole rings is 1. The zero-order valence-corrected chi connectivity index (χ0v) is 13.5. The highest BCUT2D eigenvalue weighted by Gasteiger charge is 2.21. The third kappa shape index (κ3) is 3.92. The van der Waals surface area contributed by atoms with Crippen LogP contribution in [0.25, 0.3) is 0 Å². The molecule has 0 saturated heterocycles. The van der Waals surface area contributed by atoms with Crippen LogP contribution in [-0.4, -0.2) is 22.0 Å². The molecule has 1 aromatic heterocycles.